The number of para-hydroxylation sites is 1. The first-order chi connectivity index (χ1) is 7.69. The molecule has 2 unspecified atom stereocenters. The van der Waals surface area contributed by atoms with Gasteiger partial charge in [-0.2, -0.15) is 5.26 Å². The average molecular weight is 218 g/mol. The second-order valence-electron chi connectivity index (χ2n) is 4.00. The lowest BCUT2D eigenvalue weighted by Crippen LogP contribution is -2.28. The molecule has 86 valence electrons. The van der Waals surface area contributed by atoms with E-state index in [1.54, 1.807) is 7.11 Å². The van der Waals surface area contributed by atoms with Crippen LogP contribution in [0.25, 0.3) is 0 Å². The lowest BCUT2D eigenvalue weighted by atomic mass is 10.0. The summed E-state index contributed by atoms with van der Waals surface area (Å²) in [4.78, 5) is 0. The predicted octanol–water partition coefficient (Wildman–Crippen LogP) is 2.58. The summed E-state index contributed by atoms with van der Waals surface area (Å²) in [6.07, 6.45) is 0. The lowest BCUT2D eigenvalue weighted by Gasteiger charge is -2.20. The average Bonchev–Trinajstić information content (AvgIpc) is 2.28. The Kier molecular flexibility index (Phi) is 4.81. The Morgan fingerprint density at radius 2 is 2.12 bits per heavy atom. The summed E-state index contributed by atoms with van der Waals surface area (Å²) in [5.74, 6) is 0.162. The summed E-state index contributed by atoms with van der Waals surface area (Å²) in [5, 5.41) is 12.3. The summed E-state index contributed by atoms with van der Waals surface area (Å²) in [7, 11) is 1.65. The molecule has 0 aliphatic rings. The molecule has 0 spiro atoms. The second kappa shape index (κ2) is 6.14. The third-order valence-electron chi connectivity index (χ3n) is 2.59. The number of hydrogen-bond acceptors (Lipinski definition) is 3. The summed E-state index contributed by atoms with van der Waals surface area (Å²) < 4.78 is 5.06. The molecule has 0 aromatic heterocycles. The number of aryl methyl sites for hydroxylation is 1. The first kappa shape index (κ1) is 12.5. The monoisotopic (exact) mass is 218 g/mol. The van der Waals surface area contributed by atoms with E-state index in [0.717, 1.165) is 11.3 Å². The molecule has 16 heavy (non-hydrogen) atoms. The number of anilines is 1. The Bertz CT molecular complexity index is 370. The van der Waals surface area contributed by atoms with E-state index in [4.69, 9.17) is 10.00 Å². The zero-order chi connectivity index (χ0) is 12.0. The maximum atomic E-state index is 9.11. The molecule has 0 radical (unpaired) electrons. The SMILES string of the molecule is COCC(C)C(C#N)Nc1ccccc1C. The van der Waals surface area contributed by atoms with Gasteiger partial charge in [0.1, 0.15) is 6.04 Å². The Labute approximate surface area is 97.0 Å². The Morgan fingerprint density at radius 3 is 2.69 bits per heavy atom. The van der Waals surface area contributed by atoms with Crippen LogP contribution in [-0.2, 0) is 4.74 Å². The molecule has 0 amide bonds. The van der Waals surface area contributed by atoms with Crippen molar-refractivity contribution in [3.63, 3.8) is 0 Å². The van der Waals surface area contributed by atoms with Gasteiger partial charge in [-0.15, -0.1) is 0 Å². The molecule has 3 heteroatoms. The van der Waals surface area contributed by atoms with Gasteiger partial charge < -0.3 is 10.1 Å². The highest BCUT2D eigenvalue weighted by molar-refractivity contribution is 5.51. The topological polar surface area (TPSA) is 45.0 Å². The zero-order valence-electron chi connectivity index (χ0n) is 10.0. The fraction of sp³-hybridized carbons (Fsp3) is 0.462. The van der Waals surface area contributed by atoms with E-state index in [1.807, 2.05) is 38.1 Å². The van der Waals surface area contributed by atoms with E-state index >= 15 is 0 Å². The Morgan fingerprint density at radius 1 is 1.44 bits per heavy atom. The molecular formula is C13H18N2O. The molecule has 0 saturated heterocycles. The minimum Gasteiger partial charge on any atom is -0.384 e. The third-order valence-corrected chi connectivity index (χ3v) is 2.59. The highest BCUT2D eigenvalue weighted by Gasteiger charge is 2.16. The molecule has 1 aromatic carbocycles. The van der Waals surface area contributed by atoms with Crippen molar-refractivity contribution < 1.29 is 4.74 Å². The number of ether oxygens (including phenoxy) is 1. The quantitative estimate of drug-likeness (QED) is 0.826. The molecule has 0 bridgehead atoms. The van der Waals surface area contributed by atoms with Crippen LogP contribution in [0.4, 0.5) is 5.69 Å². The van der Waals surface area contributed by atoms with Gasteiger partial charge in [0.15, 0.2) is 0 Å². The van der Waals surface area contributed by atoms with Gasteiger partial charge >= 0.3 is 0 Å². The van der Waals surface area contributed by atoms with Gasteiger partial charge in [-0.3, -0.25) is 0 Å². The van der Waals surface area contributed by atoms with Crippen molar-refractivity contribution in [2.45, 2.75) is 19.9 Å². The minimum absolute atomic E-state index is 0.162. The summed E-state index contributed by atoms with van der Waals surface area (Å²) in [6.45, 7) is 4.61. The smallest absolute Gasteiger partial charge is 0.119 e. The Balaban J connectivity index is 2.71. The van der Waals surface area contributed by atoms with E-state index in [2.05, 4.69) is 11.4 Å². The molecule has 0 aliphatic carbocycles. The number of nitrogens with zero attached hydrogens (tertiary/aromatic N) is 1. The fourth-order valence-electron chi connectivity index (χ4n) is 1.56. The summed E-state index contributed by atoms with van der Waals surface area (Å²) in [6, 6.07) is 10.0. The molecule has 1 rings (SSSR count). The van der Waals surface area contributed by atoms with Crippen molar-refractivity contribution >= 4 is 5.69 Å². The molecule has 0 saturated carbocycles. The molecule has 1 N–H and O–H groups in total. The van der Waals surface area contributed by atoms with E-state index in [1.165, 1.54) is 0 Å². The number of nitrogens with one attached hydrogen (secondary N) is 1. The summed E-state index contributed by atoms with van der Waals surface area (Å²) >= 11 is 0. The highest BCUT2D eigenvalue weighted by atomic mass is 16.5. The molecule has 0 aliphatic heterocycles. The van der Waals surface area contributed by atoms with Gasteiger partial charge in [-0.1, -0.05) is 25.1 Å². The first-order valence-corrected chi connectivity index (χ1v) is 5.39. The molecule has 0 heterocycles. The van der Waals surface area contributed by atoms with Crippen molar-refractivity contribution in [2.24, 2.45) is 5.92 Å². The van der Waals surface area contributed by atoms with E-state index < -0.39 is 0 Å². The Hall–Kier alpha value is -1.53. The maximum Gasteiger partial charge on any atom is 0.119 e. The minimum atomic E-state index is -0.221. The second-order valence-corrected chi connectivity index (χ2v) is 4.00. The fourth-order valence-corrected chi connectivity index (χ4v) is 1.56. The van der Waals surface area contributed by atoms with Crippen LogP contribution in [0, 0.1) is 24.2 Å². The van der Waals surface area contributed by atoms with Crippen molar-refractivity contribution in [2.75, 3.05) is 19.0 Å². The van der Waals surface area contributed by atoms with Crippen molar-refractivity contribution in [1.82, 2.24) is 0 Å². The zero-order valence-corrected chi connectivity index (χ0v) is 10.0. The van der Waals surface area contributed by atoms with Gasteiger partial charge in [0.25, 0.3) is 0 Å². The number of nitriles is 1. The van der Waals surface area contributed by atoms with Crippen LogP contribution in [0.1, 0.15) is 12.5 Å². The number of methoxy groups -OCH3 is 1. The molecule has 0 fully saturated rings. The third kappa shape index (κ3) is 3.25. The van der Waals surface area contributed by atoms with E-state index in [9.17, 15) is 0 Å². The number of hydrogen-bond donors (Lipinski definition) is 1. The number of benzene rings is 1. The number of rotatable bonds is 5. The van der Waals surface area contributed by atoms with Crippen molar-refractivity contribution in [3.05, 3.63) is 29.8 Å². The van der Waals surface area contributed by atoms with Crippen LogP contribution in [0.5, 0.6) is 0 Å². The molecule has 2 atom stereocenters. The van der Waals surface area contributed by atoms with E-state index in [-0.39, 0.29) is 12.0 Å². The van der Waals surface area contributed by atoms with Crippen LogP contribution >= 0.6 is 0 Å². The van der Waals surface area contributed by atoms with Crippen LogP contribution in [-0.4, -0.2) is 19.8 Å². The first-order valence-electron chi connectivity index (χ1n) is 5.39. The van der Waals surface area contributed by atoms with Crippen LogP contribution in [0.2, 0.25) is 0 Å². The van der Waals surface area contributed by atoms with Crippen LogP contribution in [0.15, 0.2) is 24.3 Å². The summed E-state index contributed by atoms with van der Waals surface area (Å²) in [5.41, 5.74) is 2.16. The van der Waals surface area contributed by atoms with Gasteiger partial charge in [-0.05, 0) is 18.6 Å². The van der Waals surface area contributed by atoms with Crippen LogP contribution in [0.3, 0.4) is 0 Å². The maximum absolute atomic E-state index is 9.11. The molecular weight excluding hydrogens is 200 g/mol. The van der Waals surface area contributed by atoms with Gasteiger partial charge in [0.2, 0.25) is 0 Å². The highest BCUT2D eigenvalue weighted by Crippen LogP contribution is 2.17. The van der Waals surface area contributed by atoms with Crippen molar-refractivity contribution in [3.8, 4) is 6.07 Å². The van der Waals surface area contributed by atoms with Gasteiger partial charge in [0.05, 0.1) is 12.7 Å². The van der Waals surface area contributed by atoms with Crippen LogP contribution < -0.4 is 5.32 Å². The lowest BCUT2D eigenvalue weighted by molar-refractivity contribution is 0.157. The largest absolute Gasteiger partial charge is 0.384 e. The van der Waals surface area contributed by atoms with Gasteiger partial charge in [0, 0.05) is 18.7 Å². The van der Waals surface area contributed by atoms with E-state index in [0.29, 0.717) is 6.61 Å². The molecule has 3 nitrogen and oxygen atoms in total. The molecule has 1 aromatic rings. The van der Waals surface area contributed by atoms with Gasteiger partial charge in [-0.25, -0.2) is 0 Å². The normalized spacial score (nSPS) is 13.9. The predicted molar refractivity (Wildman–Crippen MR) is 65.2 cm³/mol. The van der Waals surface area contributed by atoms with Crippen molar-refractivity contribution in [1.29, 1.82) is 5.26 Å². The standard InChI is InChI=1S/C13H18N2O/c1-10-6-4-5-7-12(10)15-13(8-14)11(2)9-16-3/h4-7,11,13,15H,9H2,1-3H3.